The van der Waals surface area contributed by atoms with E-state index < -0.39 is 5.97 Å². The molecule has 0 bridgehead atoms. The smallest absolute Gasteiger partial charge is 0.341 e. The van der Waals surface area contributed by atoms with Gasteiger partial charge < -0.3 is 15.2 Å². The number of rotatable bonds is 7. The second-order valence-corrected chi connectivity index (χ2v) is 4.73. The average Bonchev–Trinajstić information content (AvgIpc) is 2.93. The van der Waals surface area contributed by atoms with Gasteiger partial charge in [0.15, 0.2) is 6.61 Å². The van der Waals surface area contributed by atoms with Crippen LogP contribution in [0.15, 0.2) is 36.7 Å². The molecule has 0 saturated carbocycles. The summed E-state index contributed by atoms with van der Waals surface area (Å²) in [6.45, 7) is 0.142. The van der Waals surface area contributed by atoms with Crippen molar-refractivity contribution < 1.29 is 19.4 Å². The van der Waals surface area contributed by atoms with E-state index in [0.717, 1.165) is 5.56 Å². The fourth-order valence-electron chi connectivity index (χ4n) is 1.86. The van der Waals surface area contributed by atoms with Crippen LogP contribution in [-0.4, -0.2) is 39.9 Å². The van der Waals surface area contributed by atoms with E-state index in [4.69, 9.17) is 9.84 Å². The number of amides is 1. The maximum absolute atomic E-state index is 11.8. The minimum absolute atomic E-state index is 0.158. The van der Waals surface area contributed by atoms with Crippen LogP contribution in [0.3, 0.4) is 0 Å². The van der Waals surface area contributed by atoms with Gasteiger partial charge in [-0.2, -0.15) is 5.10 Å². The molecule has 7 heteroatoms. The quantitative estimate of drug-likeness (QED) is 0.791. The largest absolute Gasteiger partial charge is 0.482 e. The Bertz CT molecular complexity index is 649. The van der Waals surface area contributed by atoms with Crippen LogP contribution in [0.2, 0.25) is 0 Å². The van der Waals surface area contributed by atoms with Crippen molar-refractivity contribution in [1.82, 2.24) is 15.1 Å². The Kier molecular flexibility index (Phi) is 5.13. The Morgan fingerprint density at radius 3 is 2.64 bits per heavy atom. The molecule has 2 N–H and O–H groups in total. The third-order valence-electron chi connectivity index (χ3n) is 2.95. The fourth-order valence-corrected chi connectivity index (χ4v) is 1.86. The van der Waals surface area contributed by atoms with E-state index in [1.54, 1.807) is 30.1 Å². The van der Waals surface area contributed by atoms with Crippen molar-refractivity contribution in [1.29, 1.82) is 0 Å². The lowest BCUT2D eigenvalue weighted by atomic mass is 10.1. The second kappa shape index (κ2) is 7.26. The topological polar surface area (TPSA) is 93.5 Å². The van der Waals surface area contributed by atoms with E-state index in [2.05, 4.69) is 10.4 Å². The molecule has 0 aliphatic rings. The lowest BCUT2D eigenvalue weighted by molar-refractivity contribution is -0.139. The minimum atomic E-state index is -1.01. The molecule has 0 aliphatic carbocycles. The molecule has 22 heavy (non-hydrogen) atoms. The van der Waals surface area contributed by atoms with Gasteiger partial charge in [0, 0.05) is 19.8 Å². The lowest BCUT2D eigenvalue weighted by Gasteiger charge is -2.06. The summed E-state index contributed by atoms with van der Waals surface area (Å²) in [7, 11) is 1.75. The summed E-state index contributed by atoms with van der Waals surface area (Å²) < 4.78 is 6.62. The van der Waals surface area contributed by atoms with Gasteiger partial charge in [0.2, 0.25) is 0 Å². The van der Waals surface area contributed by atoms with Crippen LogP contribution < -0.4 is 10.1 Å². The number of carboxylic acid groups (broad SMARTS) is 1. The zero-order valence-corrected chi connectivity index (χ0v) is 12.2. The summed E-state index contributed by atoms with van der Waals surface area (Å²) in [5.41, 5.74) is 1.55. The molecular formula is C15H17N3O4. The molecule has 0 saturated heterocycles. The van der Waals surface area contributed by atoms with E-state index in [0.29, 0.717) is 24.3 Å². The summed E-state index contributed by atoms with van der Waals surface area (Å²) in [4.78, 5) is 22.2. The monoisotopic (exact) mass is 303 g/mol. The highest BCUT2D eigenvalue weighted by atomic mass is 16.5. The number of hydrogen-bond donors (Lipinski definition) is 2. The van der Waals surface area contributed by atoms with Gasteiger partial charge in [-0.15, -0.1) is 0 Å². The molecule has 0 spiro atoms. The van der Waals surface area contributed by atoms with Gasteiger partial charge in [-0.25, -0.2) is 4.79 Å². The standard InChI is InChI=1S/C15H17N3O4/c1-18-9-12(8-17-18)15(21)16-7-6-11-2-4-13(5-3-11)22-10-14(19)20/h2-5,8-9H,6-7,10H2,1H3,(H,16,21)(H,19,20). The molecule has 1 aromatic carbocycles. The van der Waals surface area contributed by atoms with Gasteiger partial charge in [0.25, 0.3) is 5.91 Å². The molecule has 1 aromatic heterocycles. The number of nitrogens with one attached hydrogen (secondary N) is 1. The first-order valence-electron chi connectivity index (χ1n) is 6.75. The number of hydrogen-bond acceptors (Lipinski definition) is 4. The highest BCUT2D eigenvalue weighted by molar-refractivity contribution is 5.93. The molecule has 0 radical (unpaired) electrons. The molecule has 116 valence electrons. The normalized spacial score (nSPS) is 10.2. The van der Waals surface area contributed by atoms with Crippen LogP contribution in [0.4, 0.5) is 0 Å². The van der Waals surface area contributed by atoms with Crippen molar-refractivity contribution in [3.05, 3.63) is 47.8 Å². The minimum Gasteiger partial charge on any atom is -0.482 e. The zero-order valence-electron chi connectivity index (χ0n) is 12.2. The van der Waals surface area contributed by atoms with Gasteiger partial charge in [0.1, 0.15) is 5.75 Å². The first kappa shape index (κ1) is 15.6. The Morgan fingerprint density at radius 2 is 2.05 bits per heavy atom. The summed E-state index contributed by atoms with van der Waals surface area (Å²) in [6, 6.07) is 7.10. The Hall–Kier alpha value is -2.83. The van der Waals surface area contributed by atoms with Crippen LogP contribution in [0.5, 0.6) is 5.75 Å². The molecule has 0 aliphatic heterocycles. The number of aryl methyl sites for hydroxylation is 1. The number of aromatic nitrogens is 2. The molecule has 1 amide bonds. The number of carbonyl (C=O) groups excluding carboxylic acids is 1. The lowest BCUT2D eigenvalue weighted by Crippen LogP contribution is -2.25. The first-order chi connectivity index (χ1) is 10.5. The summed E-state index contributed by atoms with van der Waals surface area (Å²) in [5.74, 6) is -0.665. The van der Waals surface area contributed by atoms with E-state index in [1.807, 2.05) is 12.1 Å². The van der Waals surface area contributed by atoms with Gasteiger partial charge in [-0.1, -0.05) is 12.1 Å². The molecule has 7 nitrogen and oxygen atoms in total. The number of carboxylic acids is 1. The van der Waals surface area contributed by atoms with Gasteiger partial charge in [0.05, 0.1) is 11.8 Å². The van der Waals surface area contributed by atoms with Gasteiger partial charge in [-0.05, 0) is 24.1 Å². The van der Waals surface area contributed by atoms with E-state index in [9.17, 15) is 9.59 Å². The Morgan fingerprint density at radius 1 is 1.32 bits per heavy atom. The number of nitrogens with zero attached hydrogens (tertiary/aromatic N) is 2. The summed E-state index contributed by atoms with van der Waals surface area (Å²) in [6.07, 6.45) is 3.85. The summed E-state index contributed by atoms with van der Waals surface area (Å²) in [5, 5.41) is 15.3. The number of aliphatic carboxylic acids is 1. The molecule has 0 fully saturated rings. The van der Waals surface area contributed by atoms with Crippen molar-refractivity contribution >= 4 is 11.9 Å². The van der Waals surface area contributed by atoms with Crippen molar-refractivity contribution in [3.63, 3.8) is 0 Å². The third-order valence-corrected chi connectivity index (χ3v) is 2.95. The van der Waals surface area contributed by atoms with Crippen molar-refractivity contribution in [2.24, 2.45) is 7.05 Å². The van der Waals surface area contributed by atoms with E-state index >= 15 is 0 Å². The molecule has 1 heterocycles. The van der Waals surface area contributed by atoms with E-state index in [1.165, 1.54) is 6.20 Å². The summed E-state index contributed by atoms with van der Waals surface area (Å²) >= 11 is 0. The van der Waals surface area contributed by atoms with Crippen LogP contribution >= 0.6 is 0 Å². The fraction of sp³-hybridized carbons (Fsp3) is 0.267. The van der Waals surface area contributed by atoms with E-state index in [-0.39, 0.29) is 12.5 Å². The van der Waals surface area contributed by atoms with Gasteiger partial charge in [-0.3, -0.25) is 9.48 Å². The SMILES string of the molecule is Cn1cc(C(=O)NCCc2ccc(OCC(=O)O)cc2)cn1. The molecular weight excluding hydrogens is 286 g/mol. The maximum atomic E-state index is 11.8. The van der Waals surface area contributed by atoms with Crippen molar-refractivity contribution in [3.8, 4) is 5.75 Å². The maximum Gasteiger partial charge on any atom is 0.341 e. The highest BCUT2D eigenvalue weighted by Gasteiger charge is 2.06. The number of carbonyl (C=O) groups is 2. The first-order valence-corrected chi connectivity index (χ1v) is 6.75. The average molecular weight is 303 g/mol. The molecule has 2 rings (SSSR count). The van der Waals surface area contributed by atoms with Crippen LogP contribution in [0.25, 0.3) is 0 Å². The van der Waals surface area contributed by atoms with Crippen molar-refractivity contribution in [2.45, 2.75) is 6.42 Å². The Labute approximate surface area is 127 Å². The second-order valence-electron chi connectivity index (χ2n) is 4.73. The highest BCUT2D eigenvalue weighted by Crippen LogP contribution is 2.12. The van der Waals surface area contributed by atoms with Gasteiger partial charge >= 0.3 is 5.97 Å². The van der Waals surface area contributed by atoms with Crippen LogP contribution in [-0.2, 0) is 18.3 Å². The van der Waals surface area contributed by atoms with Crippen molar-refractivity contribution in [2.75, 3.05) is 13.2 Å². The Balaban J connectivity index is 1.77. The molecule has 2 aromatic rings. The predicted molar refractivity (Wildman–Crippen MR) is 78.8 cm³/mol. The number of benzene rings is 1. The zero-order chi connectivity index (χ0) is 15.9. The predicted octanol–water partition coefficient (Wildman–Crippen LogP) is 0.856. The van der Waals surface area contributed by atoms with Crippen LogP contribution in [0.1, 0.15) is 15.9 Å². The third kappa shape index (κ3) is 4.62. The van der Waals surface area contributed by atoms with Crippen LogP contribution in [0, 0.1) is 0 Å². The number of ether oxygens (including phenoxy) is 1. The molecule has 0 unspecified atom stereocenters. The molecule has 0 atom stereocenters.